The van der Waals surface area contributed by atoms with Gasteiger partial charge in [0.15, 0.2) is 0 Å². The molecule has 0 bridgehead atoms. The average Bonchev–Trinajstić information content (AvgIpc) is 3.01. The number of hydrogen-bond donors (Lipinski definition) is 1. The molecule has 2 nitrogen and oxygen atoms in total. The number of piperazine rings is 1. The maximum absolute atomic E-state index is 4.01. The molecule has 2 aliphatic carbocycles. The quantitative estimate of drug-likeness (QED) is 0.841. The second-order valence-corrected chi connectivity index (χ2v) is 7.79. The molecule has 0 radical (unpaired) electrons. The van der Waals surface area contributed by atoms with Crippen LogP contribution in [0.5, 0.6) is 0 Å². The van der Waals surface area contributed by atoms with E-state index >= 15 is 0 Å². The van der Waals surface area contributed by atoms with Crippen molar-refractivity contribution in [3.63, 3.8) is 0 Å². The van der Waals surface area contributed by atoms with Crippen molar-refractivity contribution in [3.8, 4) is 0 Å². The zero-order valence-electron chi connectivity index (χ0n) is 13.7. The van der Waals surface area contributed by atoms with Gasteiger partial charge in [-0.1, -0.05) is 52.4 Å². The second kappa shape index (κ2) is 6.36. The Labute approximate surface area is 125 Å². The van der Waals surface area contributed by atoms with Crippen LogP contribution in [-0.4, -0.2) is 35.6 Å². The minimum atomic E-state index is 0.477. The van der Waals surface area contributed by atoms with Crippen molar-refractivity contribution in [2.75, 3.05) is 13.1 Å². The summed E-state index contributed by atoms with van der Waals surface area (Å²) in [5.41, 5.74) is 0.477. The van der Waals surface area contributed by atoms with Crippen molar-refractivity contribution < 1.29 is 0 Å². The Bertz CT molecular complexity index is 303. The molecule has 1 saturated heterocycles. The molecular weight excluding hydrogens is 244 g/mol. The van der Waals surface area contributed by atoms with E-state index in [0.717, 1.165) is 18.0 Å². The molecule has 2 saturated carbocycles. The lowest BCUT2D eigenvalue weighted by molar-refractivity contribution is 0.00401. The fourth-order valence-electron chi connectivity index (χ4n) is 4.96. The lowest BCUT2D eigenvalue weighted by Gasteiger charge is -2.53. The SMILES string of the molecule is CCC(C)C1CNC2(CCCCC2)CN1C1CCCC1. The Hall–Kier alpha value is -0.0800. The maximum atomic E-state index is 4.01. The number of hydrogen-bond acceptors (Lipinski definition) is 2. The first-order valence-electron chi connectivity index (χ1n) is 9.25. The van der Waals surface area contributed by atoms with E-state index in [1.807, 2.05) is 0 Å². The number of nitrogens with one attached hydrogen (secondary N) is 1. The van der Waals surface area contributed by atoms with Gasteiger partial charge in [0, 0.05) is 30.7 Å². The molecule has 2 atom stereocenters. The van der Waals surface area contributed by atoms with Crippen LogP contribution in [0.4, 0.5) is 0 Å². The fourth-order valence-corrected chi connectivity index (χ4v) is 4.96. The monoisotopic (exact) mass is 278 g/mol. The highest BCUT2D eigenvalue weighted by molar-refractivity contribution is 5.02. The molecule has 3 fully saturated rings. The first kappa shape index (κ1) is 14.8. The zero-order valence-corrected chi connectivity index (χ0v) is 13.7. The average molecular weight is 278 g/mol. The third-order valence-corrected chi connectivity index (χ3v) is 6.50. The van der Waals surface area contributed by atoms with Crippen LogP contribution in [0.15, 0.2) is 0 Å². The van der Waals surface area contributed by atoms with Crippen LogP contribution in [-0.2, 0) is 0 Å². The minimum Gasteiger partial charge on any atom is -0.308 e. The van der Waals surface area contributed by atoms with Gasteiger partial charge in [0.25, 0.3) is 0 Å². The van der Waals surface area contributed by atoms with Crippen LogP contribution in [0, 0.1) is 5.92 Å². The van der Waals surface area contributed by atoms with E-state index in [2.05, 4.69) is 24.1 Å². The van der Waals surface area contributed by atoms with Crippen molar-refractivity contribution in [2.24, 2.45) is 5.92 Å². The van der Waals surface area contributed by atoms with Crippen molar-refractivity contribution in [2.45, 2.75) is 95.7 Å². The molecule has 20 heavy (non-hydrogen) atoms. The van der Waals surface area contributed by atoms with Crippen molar-refractivity contribution in [3.05, 3.63) is 0 Å². The molecule has 1 spiro atoms. The predicted molar refractivity (Wildman–Crippen MR) is 86.0 cm³/mol. The summed E-state index contributed by atoms with van der Waals surface area (Å²) in [5.74, 6) is 0.837. The molecule has 1 N–H and O–H groups in total. The minimum absolute atomic E-state index is 0.477. The Kier molecular flexibility index (Phi) is 4.72. The maximum Gasteiger partial charge on any atom is 0.0309 e. The highest BCUT2D eigenvalue weighted by Crippen LogP contribution is 2.37. The Morgan fingerprint density at radius 3 is 2.45 bits per heavy atom. The first-order chi connectivity index (χ1) is 9.74. The molecule has 0 aromatic carbocycles. The third-order valence-electron chi connectivity index (χ3n) is 6.50. The van der Waals surface area contributed by atoms with E-state index in [0.29, 0.717) is 5.54 Å². The summed E-state index contributed by atoms with van der Waals surface area (Å²) in [6, 6.07) is 1.69. The van der Waals surface area contributed by atoms with Gasteiger partial charge < -0.3 is 5.32 Å². The molecule has 0 amide bonds. The van der Waals surface area contributed by atoms with Crippen molar-refractivity contribution in [1.82, 2.24) is 10.2 Å². The van der Waals surface area contributed by atoms with Gasteiger partial charge in [-0.15, -0.1) is 0 Å². The molecule has 2 unspecified atom stereocenters. The Balaban J connectivity index is 1.74. The van der Waals surface area contributed by atoms with Gasteiger partial charge in [0.2, 0.25) is 0 Å². The fraction of sp³-hybridized carbons (Fsp3) is 1.00. The van der Waals surface area contributed by atoms with Crippen LogP contribution < -0.4 is 5.32 Å². The molecule has 1 heterocycles. The van der Waals surface area contributed by atoms with Crippen LogP contribution >= 0.6 is 0 Å². The van der Waals surface area contributed by atoms with Crippen LogP contribution in [0.1, 0.15) is 78.1 Å². The van der Waals surface area contributed by atoms with Crippen LogP contribution in [0.3, 0.4) is 0 Å². The van der Waals surface area contributed by atoms with E-state index in [1.54, 1.807) is 0 Å². The molecule has 1 aliphatic heterocycles. The normalized spacial score (nSPS) is 33.6. The topological polar surface area (TPSA) is 15.3 Å². The summed E-state index contributed by atoms with van der Waals surface area (Å²) in [6.07, 6.45) is 14.4. The first-order valence-corrected chi connectivity index (χ1v) is 9.25. The number of nitrogens with zero attached hydrogens (tertiary/aromatic N) is 1. The van der Waals surface area contributed by atoms with Gasteiger partial charge in [0.1, 0.15) is 0 Å². The standard InChI is InChI=1S/C18H34N2/c1-3-15(2)17-13-19-18(11-7-4-8-12-18)14-20(17)16-9-5-6-10-16/h15-17,19H,3-14H2,1-2H3. The molecule has 3 rings (SSSR count). The van der Waals surface area contributed by atoms with Crippen molar-refractivity contribution in [1.29, 1.82) is 0 Å². The lowest BCUT2D eigenvalue weighted by atomic mass is 9.77. The van der Waals surface area contributed by atoms with Crippen LogP contribution in [0.2, 0.25) is 0 Å². The number of rotatable bonds is 3. The van der Waals surface area contributed by atoms with Gasteiger partial charge in [-0.25, -0.2) is 0 Å². The van der Waals surface area contributed by atoms with Gasteiger partial charge in [-0.05, 0) is 31.6 Å². The Morgan fingerprint density at radius 2 is 1.80 bits per heavy atom. The molecular formula is C18H34N2. The summed E-state index contributed by atoms with van der Waals surface area (Å²) in [7, 11) is 0. The molecule has 2 heteroatoms. The van der Waals surface area contributed by atoms with E-state index in [-0.39, 0.29) is 0 Å². The molecule has 0 aromatic rings. The molecule has 116 valence electrons. The van der Waals surface area contributed by atoms with E-state index < -0.39 is 0 Å². The summed E-state index contributed by atoms with van der Waals surface area (Å²) in [6.45, 7) is 7.41. The zero-order chi connectivity index (χ0) is 14.0. The molecule has 0 aromatic heterocycles. The lowest BCUT2D eigenvalue weighted by Crippen LogP contribution is -2.67. The van der Waals surface area contributed by atoms with Crippen LogP contribution in [0.25, 0.3) is 0 Å². The second-order valence-electron chi connectivity index (χ2n) is 7.79. The highest BCUT2D eigenvalue weighted by Gasteiger charge is 2.43. The Morgan fingerprint density at radius 1 is 1.10 bits per heavy atom. The van der Waals surface area contributed by atoms with Gasteiger partial charge >= 0.3 is 0 Å². The van der Waals surface area contributed by atoms with E-state index in [4.69, 9.17) is 0 Å². The summed E-state index contributed by atoms with van der Waals surface area (Å²) in [4.78, 5) is 2.96. The van der Waals surface area contributed by atoms with Gasteiger partial charge in [-0.3, -0.25) is 4.90 Å². The van der Waals surface area contributed by atoms with E-state index in [9.17, 15) is 0 Å². The summed E-state index contributed by atoms with van der Waals surface area (Å²) >= 11 is 0. The summed E-state index contributed by atoms with van der Waals surface area (Å²) < 4.78 is 0. The smallest absolute Gasteiger partial charge is 0.0309 e. The predicted octanol–water partition coefficient (Wildman–Crippen LogP) is 3.95. The van der Waals surface area contributed by atoms with Gasteiger partial charge in [-0.2, -0.15) is 0 Å². The van der Waals surface area contributed by atoms with Gasteiger partial charge in [0.05, 0.1) is 0 Å². The van der Waals surface area contributed by atoms with E-state index in [1.165, 1.54) is 77.3 Å². The molecule has 3 aliphatic rings. The third kappa shape index (κ3) is 2.92. The largest absolute Gasteiger partial charge is 0.308 e. The highest BCUT2D eigenvalue weighted by atomic mass is 15.3. The van der Waals surface area contributed by atoms with Crippen molar-refractivity contribution >= 4 is 0 Å². The summed E-state index contributed by atoms with van der Waals surface area (Å²) in [5, 5.41) is 4.01.